The molecule has 2 aromatic carbocycles. The Bertz CT molecular complexity index is 908. The summed E-state index contributed by atoms with van der Waals surface area (Å²) in [7, 11) is 0. The average molecular weight is 349 g/mol. The summed E-state index contributed by atoms with van der Waals surface area (Å²) >= 11 is 0. The first-order valence-electron chi connectivity index (χ1n) is 6.95. The van der Waals surface area contributed by atoms with Crippen LogP contribution in [0.3, 0.4) is 0 Å². The molecule has 3 rings (SSSR count). The van der Waals surface area contributed by atoms with E-state index in [0.717, 1.165) is 16.9 Å². The quantitative estimate of drug-likeness (QED) is 0.780. The number of aromatic nitrogens is 3. The Morgan fingerprint density at radius 2 is 1.84 bits per heavy atom. The molecule has 0 aliphatic rings. The molecule has 0 saturated heterocycles. The number of carbonyl (C=O) groups is 1. The number of hydrogen-bond acceptors (Lipinski definition) is 4. The third-order valence-corrected chi connectivity index (χ3v) is 3.29. The number of alkyl halides is 3. The Morgan fingerprint density at radius 3 is 2.48 bits per heavy atom. The molecule has 0 amide bonds. The zero-order valence-corrected chi connectivity index (χ0v) is 12.4. The first kappa shape index (κ1) is 16.5. The normalized spacial score (nSPS) is 11.3. The van der Waals surface area contributed by atoms with Crippen molar-refractivity contribution in [3.63, 3.8) is 0 Å². The Labute approximate surface area is 139 Å². The lowest BCUT2D eigenvalue weighted by Gasteiger charge is -2.15. The van der Waals surface area contributed by atoms with E-state index in [2.05, 4.69) is 15.0 Å². The molecule has 0 fully saturated rings. The van der Waals surface area contributed by atoms with Crippen LogP contribution in [-0.2, 0) is 0 Å². The fourth-order valence-corrected chi connectivity index (χ4v) is 2.28. The lowest BCUT2D eigenvalue weighted by molar-refractivity contribution is -0.274. The van der Waals surface area contributed by atoms with E-state index < -0.39 is 18.1 Å². The predicted molar refractivity (Wildman–Crippen MR) is 80.4 cm³/mol. The van der Waals surface area contributed by atoms with Gasteiger partial charge in [0, 0.05) is 11.6 Å². The van der Waals surface area contributed by atoms with Crippen molar-refractivity contribution in [2.45, 2.75) is 6.36 Å². The number of benzene rings is 2. The van der Waals surface area contributed by atoms with Gasteiger partial charge in [0.05, 0.1) is 11.9 Å². The molecule has 3 aromatic rings. The summed E-state index contributed by atoms with van der Waals surface area (Å²) in [6.07, 6.45) is -3.90. The number of nitrogens with zero attached hydrogens (tertiary/aromatic N) is 3. The molecule has 6 nitrogen and oxygen atoms in total. The van der Waals surface area contributed by atoms with Crippen LogP contribution in [0.2, 0.25) is 0 Å². The smallest absolute Gasteiger partial charge is 0.476 e. The summed E-state index contributed by atoms with van der Waals surface area (Å²) in [5.74, 6) is -1.78. The van der Waals surface area contributed by atoms with E-state index in [0.29, 0.717) is 5.56 Å². The molecule has 0 aliphatic carbocycles. The van der Waals surface area contributed by atoms with Crippen LogP contribution in [-0.4, -0.2) is 32.4 Å². The Balaban J connectivity index is 2.13. The van der Waals surface area contributed by atoms with Gasteiger partial charge in [-0.2, -0.15) is 0 Å². The Kier molecular flexibility index (Phi) is 4.14. The van der Waals surface area contributed by atoms with Crippen LogP contribution in [0.25, 0.3) is 16.8 Å². The maximum absolute atomic E-state index is 12.8. The second kappa shape index (κ2) is 6.27. The van der Waals surface area contributed by atoms with Crippen molar-refractivity contribution in [3.05, 3.63) is 60.4 Å². The van der Waals surface area contributed by atoms with Crippen molar-refractivity contribution in [1.82, 2.24) is 15.0 Å². The van der Waals surface area contributed by atoms with Gasteiger partial charge in [-0.05, 0) is 17.7 Å². The first-order valence-corrected chi connectivity index (χ1v) is 6.95. The highest BCUT2D eigenvalue weighted by atomic mass is 19.4. The summed E-state index contributed by atoms with van der Waals surface area (Å²) in [4.78, 5) is 11.1. The minimum absolute atomic E-state index is 0.0776. The van der Waals surface area contributed by atoms with Crippen molar-refractivity contribution < 1.29 is 27.8 Å². The molecule has 0 saturated carbocycles. The SMILES string of the molecule is O=C(O)c1cnnn1-c1ccc(-c2ccccc2)c(OC(F)(F)F)c1. The van der Waals surface area contributed by atoms with E-state index in [1.54, 1.807) is 30.3 Å². The van der Waals surface area contributed by atoms with Crippen molar-refractivity contribution in [3.8, 4) is 22.6 Å². The molecule has 0 radical (unpaired) electrons. The highest BCUT2D eigenvalue weighted by molar-refractivity contribution is 5.86. The molecule has 25 heavy (non-hydrogen) atoms. The Hall–Kier alpha value is -3.36. The highest BCUT2D eigenvalue weighted by Crippen LogP contribution is 2.35. The van der Waals surface area contributed by atoms with Gasteiger partial charge in [-0.25, -0.2) is 9.48 Å². The summed E-state index contributed by atoms with van der Waals surface area (Å²) in [5.41, 5.74) is 0.517. The monoisotopic (exact) mass is 349 g/mol. The number of hydrogen-bond donors (Lipinski definition) is 1. The third kappa shape index (κ3) is 3.60. The van der Waals surface area contributed by atoms with Crippen molar-refractivity contribution in [2.75, 3.05) is 0 Å². The van der Waals surface area contributed by atoms with E-state index in [4.69, 9.17) is 5.11 Å². The lowest BCUT2D eigenvalue weighted by Crippen LogP contribution is -2.18. The molecular weight excluding hydrogens is 339 g/mol. The zero-order valence-electron chi connectivity index (χ0n) is 12.4. The van der Waals surface area contributed by atoms with Gasteiger partial charge >= 0.3 is 12.3 Å². The standard InChI is InChI=1S/C16H10F3N3O3/c17-16(18,19)25-14-8-11(22-13(15(23)24)9-20-21-22)6-7-12(14)10-4-2-1-3-5-10/h1-9H,(H,23,24). The number of rotatable bonds is 4. The maximum atomic E-state index is 12.8. The molecule has 0 bridgehead atoms. The topological polar surface area (TPSA) is 77.2 Å². The molecule has 1 aromatic heterocycles. The number of halogens is 3. The predicted octanol–water partition coefficient (Wildman–Crippen LogP) is 3.53. The lowest BCUT2D eigenvalue weighted by atomic mass is 10.0. The maximum Gasteiger partial charge on any atom is 0.573 e. The van der Waals surface area contributed by atoms with Crippen LogP contribution in [0.1, 0.15) is 10.5 Å². The molecule has 0 spiro atoms. The highest BCUT2D eigenvalue weighted by Gasteiger charge is 2.32. The van der Waals surface area contributed by atoms with Gasteiger partial charge in [0.2, 0.25) is 0 Å². The molecule has 9 heteroatoms. The van der Waals surface area contributed by atoms with Gasteiger partial charge in [-0.15, -0.1) is 18.3 Å². The number of ether oxygens (including phenoxy) is 1. The Morgan fingerprint density at radius 1 is 1.12 bits per heavy atom. The molecule has 0 atom stereocenters. The summed E-state index contributed by atoms with van der Waals surface area (Å²) < 4.78 is 43.3. The van der Waals surface area contributed by atoms with Crippen molar-refractivity contribution >= 4 is 5.97 Å². The molecule has 0 unspecified atom stereocenters. The summed E-state index contributed by atoms with van der Waals surface area (Å²) in [6, 6.07) is 12.3. The van der Waals surface area contributed by atoms with Crippen molar-refractivity contribution in [1.29, 1.82) is 0 Å². The number of aromatic carboxylic acids is 1. The number of carboxylic acid groups (broad SMARTS) is 1. The van der Waals surface area contributed by atoms with E-state index in [-0.39, 0.29) is 16.9 Å². The van der Waals surface area contributed by atoms with E-state index >= 15 is 0 Å². The first-order chi connectivity index (χ1) is 11.8. The fourth-order valence-electron chi connectivity index (χ4n) is 2.28. The van der Waals surface area contributed by atoms with Gasteiger partial charge in [-0.3, -0.25) is 0 Å². The van der Waals surface area contributed by atoms with Crippen LogP contribution in [0.15, 0.2) is 54.7 Å². The van der Waals surface area contributed by atoms with Gasteiger partial charge in [0.1, 0.15) is 5.75 Å². The molecular formula is C16H10F3N3O3. The van der Waals surface area contributed by atoms with Crippen LogP contribution in [0.5, 0.6) is 5.75 Å². The van der Waals surface area contributed by atoms with E-state index in [1.165, 1.54) is 12.1 Å². The molecule has 128 valence electrons. The second-order valence-corrected chi connectivity index (χ2v) is 4.93. The van der Waals surface area contributed by atoms with Gasteiger partial charge < -0.3 is 9.84 Å². The van der Waals surface area contributed by atoms with E-state index in [1.807, 2.05) is 0 Å². The molecule has 1 N–H and O–H groups in total. The molecule has 1 heterocycles. The van der Waals surface area contributed by atoms with E-state index in [9.17, 15) is 18.0 Å². The minimum Gasteiger partial charge on any atom is -0.476 e. The van der Waals surface area contributed by atoms with Crippen LogP contribution in [0.4, 0.5) is 13.2 Å². The third-order valence-electron chi connectivity index (χ3n) is 3.29. The number of carboxylic acids is 1. The largest absolute Gasteiger partial charge is 0.573 e. The zero-order chi connectivity index (χ0) is 18.0. The van der Waals surface area contributed by atoms with Crippen LogP contribution < -0.4 is 4.74 Å². The van der Waals surface area contributed by atoms with Gasteiger partial charge in [0.25, 0.3) is 0 Å². The minimum atomic E-state index is -4.90. The second-order valence-electron chi connectivity index (χ2n) is 4.93. The van der Waals surface area contributed by atoms with Crippen molar-refractivity contribution in [2.24, 2.45) is 0 Å². The van der Waals surface area contributed by atoms with Crippen LogP contribution in [0, 0.1) is 0 Å². The molecule has 0 aliphatic heterocycles. The van der Waals surface area contributed by atoms with Gasteiger partial charge in [-0.1, -0.05) is 35.5 Å². The summed E-state index contributed by atoms with van der Waals surface area (Å²) in [6.45, 7) is 0. The summed E-state index contributed by atoms with van der Waals surface area (Å²) in [5, 5.41) is 16.2. The van der Waals surface area contributed by atoms with Gasteiger partial charge in [0.15, 0.2) is 5.69 Å². The average Bonchev–Trinajstić information content (AvgIpc) is 3.04. The fraction of sp³-hybridized carbons (Fsp3) is 0.0625. The van der Waals surface area contributed by atoms with Crippen LogP contribution >= 0.6 is 0 Å².